The molecule has 0 radical (unpaired) electrons. The first-order chi connectivity index (χ1) is 8.88. The van der Waals surface area contributed by atoms with Gasteiger partial charge < -0.3 is 10.2 Å². The van der Waals surface area contributed by atoms with Crippen LogP contribution in [-0.4, -0.2) is 42.6 Å². The first kappa shape index (κ1) is 13.5. The molecule has 2 rings (SSSR count). The van der Waals surface area contributed by atoms with Gasteiger partial charge in [-0.05, 0) is 56.4 Å². The zero-order valence-corrected chi connectivity index (χ0v) is 11.4. The van der Waals surface area contributed by atoms with E-state index < -0.39 is 0 Å². The minimum atomic E-state index is 0.840. The molecule has 1 unspecified atom stereocenters. The van der Waals surface area contributed by atoms with E-state index in [-0.39, 0.29) is 0 Å². The van der Waals surface area contributed by atoms with Gasteiger partial charge in [-0.15, -0.1) is 0 Å². The third kappa shape index (κ3) is 4.39. The van der Waals surface area contributed by atoms with Crippen LogP contribution in [0.5, 0.6) is 0 Å². The van der Waals surface area contributed by atoms with E-state index in [2.05, 4.69) is 28.2 Å². The van der Waals surface area contributed by atoms with Crippen molar-refractivity contribution in [2.75, 3.05) is 32.7 Å². The molecule has 1 atom stereocenters. The van der Waals surface area contributed by atoms with Crippen molar-refractivity contribution < 1.29 is 0 Å². The Bertz CT molecular complexity index is 326. The Hall–Kier alpha value is -0.930. The molecule has 1 aromatic heterocycles. The van der Waals surface area contributed by atoms with Crippen molar-refractivity contribution in [1.82, 2.24) is 15.2 Å². The van der Waals surface area contributed by atoms with Gasteiger partial charge in [-0.1, -0.05) is 13.0 Å². The van der Waals surface area contributed by atoms with Crippen LogP contribution in [0.2, 0.25) is 0 Å². The summed E-state index contributed by atoms with van der Waals surface area (Å²) in [6.07, 6.45) is 7.69. The van der Waals surface area contributed by atoms with Crippen LogP contribution in [0, 0.1) is 5.92 Å². The molecule has 1 fully saturated rings. The van der Waals surface area contributed by atoms with Crippen molar-refractivity contribution >= 4 is 0 Å². The molecule has 1 N–H and O–H groups in total. The Balaban J connectivity index is 1.72. The number of hydrogen-bond donors (Lipinski definition) is 1. The largest absolute Gasteiger partial charge is 0.317 e. The quantitative estimate of drug-likeness (QED) is 0.833. The molecule has 0 amide bonds. The van der Waals surface area contributed by atoms with Gasteiger partial charge in [0.05, 0.1) is 0 Å². The van der Waals surface area contributed by atoms with Crippen LogP contribution in [0.3, 0.4) is 0 Å². The maximum atomic E-state index is 4.18. The molecule has 3 nitrogen and oxygen atoms in total. The first-order valence-electron chi connectivity index (χ1n) is 7.20. The van der Waals surface area contributed by atoms with Crippen molar-refractivity contribution in [1.29, 1.82) is 0 Å². The van der Waals surface area contributed by atoms with Crippen LogP contribution in [-0.2, 0) is 6.42 Å². The molecule has 3 heteroatoms. The van der Waals surface area contributed by atoms with Crippen molar-refractivity contribution in [3.05, 3.63) is 30.1 Å². The van der Waals surface area contributed by atoms with E-state index in [4.69, 9.17) is 0 Å². The molecule has 2 heterocycles. The van der Waals surface area contributed by atoms with Crippen LogP contribution in [0.1, 0.15) is 25.3 Å². The summed E-state index contributed by atoms with van der Waals surface area (Å²) in [6.45, 7) is 8.15. The number of likely N-dealkylation sites (tertiary alicyclic amines) is 1. The van der Waals surface area contributed by atoms with Gasteiger partial charge >= 0.3 is 0 Å². The molecule has 1 aliphatic rings. The Morgan fingerprint density at radius 2 is 2.44 bits per heavy atom. The van der Waals surface area contributed by atoms with Crippen molar-refractivity contribution in [3.8, 4) is 0 Å². The van der Waals surface area contributed by atoms with Crippen molar-refractivity contribution in [2.24, 2.45) is 5.92 Å². The third-order valence-corrected chi connectivity index (χ3v) is 3.73. The van der Waals surface area contributed by atoms with Crippen molar-refractivity contribution in [3.63, 3.8) is 0 Å². The lowest BCUT2D eigenvalue weighted by Crippen LogP contribution is -2.40. The number of piperidine rings is 1. The highest BCUT2D eigenvalue weighted by Gasteiger charge is 2.18. The molecule has 0 bridgehead atoms. The summed E-state index contributed by atoms with van der Waals surface area (Å²) in [5.74, 6) is 0.840. The average Bonchev–Trinajstić information content (AvgIpc) is 2.44. The van der Waals surface area contributed by atoms with Gasteiger partial charge in [-0.25, -0.2) is 0 Å². The number of hydrogen-bond acceptors (Lipinski definition) is 3. The summed E-state index contributed by atoms with van der Waals surface area (Å²) in [5, 5.41) is 3.48. The summed E-state index contributed by atoms with van der Waals surface area (Å²) in [4.78, 5) is 6.78. The minimum Gasteiger partial charge on any atom is -0.317 e. The standard InChI is InChI=1S/C15H25N3/c1-2-16-12-15-6-4-9-18(13-15)10-7-14-5-3-8-17-11-14/h3,5,8,11,15-16H,2,4,6-7,9-10,12-13H2,1H3. The lowest BCUT2D eigenvalue weighted by Gasteiger charge is -2.32. The van der Waals surface area contributed by atoms with E-state index in [0.717, 1.165) is 18.9 Å². The van der Waals surface area contributed by atoms with Crippen LogP contribution in [0.25, 0.3) is 0 Å². The van der Waals surface area contributed by atoms with Gasteiger partial charge in [0.15, 0.2) is 0 Å². The molecular weight excluding hydrogens is 222 g/mol. The molecule has 0 aliphatic carbocycles. The highest BCUT2D eigenvalue weighted by atomic mass is 15.1. The highest BCUT2D eigenvalue weighted by Crippen LogP contribution is 2.16. The summed E-state index contributed by atoms with van der Waals surface area (Å²) in [7, 11) is 0. The molecular formula is C15H25N3. The Morgan fingerprint density at radius 1 is 1.50 bits per heavy atom. The van der Waals surface area contributed by atoms with Gasteiger partial charge in [0.1, 0.15) is 0 Å². The highest BCUT2D eigenvalue weighted by molar-refractivity contribution is 5.08. The molecule has 1 aliphatic heterocycles. The SMILES string of the molecule is CCNCC1CCCN(CCc2cccnc2)C1. The molecule has 1 saturated heterocycles. The monoisotopic (exact) mass is 247 g/mol. The minimum absolute atomic E-state index is 0.840. The van der Waals surface area contributed by atoms with E-state index in [0.29, 0.717) is 0 Å². The van der Waals surface area contributed by atoms with Gasteiger partial charge in [-0.2, -0.15) is 0 Å². The Labute approximate surface area is 111 Å². The Kier molecular flexibility index (Phi) is 5.62. The average molecular weight is 247 g/mol. The van der Waals surface area contributed by atoms with E-state index in [1.54, 1.807) is 0 Å². The lowest BCUT2D eigenvalue weighted by molar-refractivity contribution is 0.174. The number of pyridine rings is 1. The lowest BCUT2D eigenvalue weighted by atomic mass is 9.97. The summed E-state index contributed by atoms with van der Waals surface area (Å²) < 4.78 is 0. The van der Waals surface area contributed by atoms with E-state index >= 15 is 0 Å². The normalized spacial score (nSPS) is 21.1. The van der Waals surface area contributed by atoms with Gasteiger partial charge in [0.2, 0.25) is 0 Å². The van der Waals surface area contributed by atoms with Gasteiger partial charge in [0, 0.05) is 25.5 Å². The second kappa shape index (κ2) is 7.49. The predicted octanol–water partition coefficient (Wildman–Crippen LogP) is 1.95. The maximum absolute atomic E-state index is 4.18. The number of nitrogens with zero attached hydrogens (tertiary/aromatic N) is 2. The molecule has 100 valence electrons. The fraction of sp³-hybridized carbons (Fsp3) is 0.667. The fourth-order valence-corrected chi connectivity index (χ4v) is 2.70. The maximum Gasteiger partial charge on any atom is 0.0300 e. The predicted molar refractivity (Wildman–Crippen MR) is 75.6 cm³/mol. The van der Waals surface area contributed by atoms with Crippen molar-refractivity contribution in [2.45, 2.75) is 26.2 Å². The fourth-order valence-electron chi connectivity index (χ4n) is 2.70. The van der Waals surface area contributed by atoms with E-state index in [1.807, 2.05) is 18.5 Å². The molecule has 0 saturated carbocycles. The van der Waals surface area contributed by atoms with Crippen LogP contribution < -0.4 is 5.32 Å². The molecule has 0 spiro atoms. The van der Waals surface area contributed by atoms with E-state index in [9.17, 15) is 0 Å². The topological polar surface area (TPSA) is 28.2 Å². The van der Waals surface area contributed by atoms with Crippen LogP contribution in [0.15, 0.2) is 24.5 Å². The van der Waals surface area contributed by atoms with Gasteiger partial charge in [0.25, 0.3) is 0 Å². The second-order valence-electron chi connectivity index (χ2n) is 5.23. The smallest absolute Gasteiger partial charge is 0.0300 e. The van der Waals surface area contributed by atoms with Crippen LogP contribution >= 0.6 is 0 Å². The second-order valence-corrected chi connectivity index (χ2v) is 5.23. The molecule has 0 aromatic carbocycles. The number of nitrogens with one attached hydrogen (secondary N) is 1. The Morgan fingerprint density at radius 3 is 3.22 bits per heavy atom. The molecule has 18 heavy (non-hydrogen) atoms. The number of aromatic nitrogens is 1. The van der Waals surface area contributed by atoms with E-state index in [1.165, 1.54) is 44.6 Å². The summed E-state index contributed by atoms with van der Waals surface area (Å²) >= 11 is 0. The first-order valence-corrected chi connectivity index (χ1v) is 7.20. The molecule has 1 aromatic rings. The summed E-state index contributed by atoms with van der Waals surface area (Å²) in [5.41, 5.74) is 1.35. The van der Waals surface area contributed by atoms with Crippen LogP contribution in [0.4, 0.5) is 0 Å². The zero-order valence-electron chi connectivity index (χ0n) is 11.4. The number of rotatable bonds is 6. The van der Waals surface area contributed by atoms with Gasteiger partial charge in [-0.3, -0.25) is 4.98 Å². The zero-order chi connectivity index (χ0) is 12.6. The third-order valence-electron chi connectivity index (χ3n) is 3.73. The summed E-state index contributed by atoms with van der Waals surface area (Å²) in [6, 6.07) is 4.20.